The minimum absolute atomic E-state index is 0.0431. The molecule has 8 nitrogen and oxygen atoms in total. The van der Waals surface area contributed by atoms with E-state index in [-0.39, 0.29) is 19.1 Å². The summed E-state index contributed by atoms with van der Waals surface area (Å²) < 4.78 is 10.1. The molecule has 0 saturated carbocycles. The lowest BCUT2D eigenvalue weighted by Crippen LogP contribution is -2.45. The predicted molar refractivity (Wildman–Crippen MR) is 84.1 cm³/mol. The molecule has 1 saturated heterocycles. The second-order valence-electron chi connectivity index (χ2n) is 5.36. The molecule has 0 aliphatic carbocycles. The molecule has 0 spiro atoms. The molecular weight excluding hydrogens is 312 g/mol. The molecule has 2 heterocycles. The highest BCUT2D eigenvalue weighted by molar-refractivity contribution is 5.87. The van der Waals surface area contributed by atoms with Crippen molar-refractivity contribution < 1.29 is 19.1 Å². The van der Waals surface area contributed by atoms with Crippen molar-refractivity contribution in [1.29, 1.82) is 0 Å². The summed E-state index contributed by atoms with van der Waals surface area (Å²) in [6, 6.07) is 6.75. The van der Waals surface area contributed by atoms with Gasteiger partial charge in [0.2, 0.25) is 5.91 Å². The van der Waals surface area contributed by atoms with Crippen molar-refractivity contribution in [2.45, 2.75) is 19.1 Å². The molecule has 0 unspecified atom stereocenters. The van der Waals surface area contributed by atoms with E-state index in [1.54, 1.807) is 13.3 Å². The average molecular weight is 330 g/mol. The average Bonchev–Trinajstić information content (AvgIpc) is 3.24. The van der Waals surface area contributed by atoms with Gasteiger partial charge < -0.3 is 19.8 Å². The van der Waals surface area contributed by atoms with Crippen molar-refractivity contribution in [2.24, 2.45) is 0 Å². The third-order valence-corrected chi connectivity index (χ3v) is 3.80. The highest BCUT2D eigenvalue weighted by atomic mass is 16.6. The molecule has 3 rings (SSSR count). The summed E-state index contributed by atoms with van der Waals surface area (Å²) in [5.41, 5.74) is 1.68. The highest BCUT2D eigenvalue weighted by Crippen LogP contribution is 2.16. The third-order valence-electron chi connectivity index (χ3n) is 3.80. The van der Waals surface area contributed by atoms with Crippen molar-refractivity contribution >= 4 is 12.0 Å². The first kappa shape index (κ1) is 15.9. The van der Waals surface area contributed by atoms with Gasteiger partial charge in [0.25, 0.3) is 0 Å². The smallest absolute Gasteiger partial charge is 0.411 e. The predicted octanol–water partition coefficient (Wildman–Crippen LogP) is 1.06. The van der Waals surface area contributed by atoms with Crippen LogP contribution >= 0.6 is 0 Å². The fourth-order valence-electron chi connectivity index (χ4n) is 2.45. The zero-order chi connectivity index (χ0) is 16.9. The van der Waals surface area contributed by atoms with Crippen LogP contribution in [-0.4, -0.2) is 46.6 Å². The number of H-pyrrole nitrogens is 1. The Labute approximate surface area is 138 Å². The molecule has 1 fully saturated rings. The fourth-order valence-corrected chi connectivity index (χ4v) is 2.45. The number of carbonyl (C=O) groups excluding carboxylic acids is 2. The van der Waals surface area contributed by atoms with Crippen molar-refractivity contribution in [2.75, 3.05) is 13.7 Å². The van der Waals surface area contributed by atoms with Gasteiger partial charge in [-0.3, -0.25) is 9.69 Å². The van der Waals surface area contributed by atoms with Crippen LogP contribution in [0.4, 0.5) is 4.79 Å². The number of nitrogens with one attached hydrogen (secondary N) is 2. The minimum Gasteiger partial charge on any atom is -0.497 e. The lowest BCUT2D eigenvalue weighted by molar-refractivity contribution is -0.125. The van der Waals surface area contributed by atoms with E-state index < -0.39 is 12.1 Å². The van der Waals surface area contributed by atoms with Crippen LogP contribution in [0.2, 0.25) is 0 Å². The number of imidazole rings is 1. The Balaban J connectivity index is 1.59. The molecular formula is C16H18N4O4. The number of cyclic esters (lactones) is 1. The van der Waals surface area contributed by atoms with Gasteiger partial charge in [-0.15, -0.1) is 0 Å². The number of methoxy groups -OCH3 is 1. The van der Waals surface area contributed by atoms with Crippen LogP contribution in [0.25, 0.3) is 0 Å². The van der Waals surface area contributed by atoms with Crippen LogP contribution in [0.3, 0.4) is 0 Å². The van der Waals surface area contributed by atoms with Crippen molar-refractivity contribution in [3.05, 3.63) is 48.0 Å². The summed E-state index contributed by atoms with van der Waals surface area (Å²) in [7, 11) is 1.60. The summed E-state index contributed by atoms with van der Waals surface area (Å²) in [6.45, 7) is 0.659. The lowest BCUT2D eigenvalue weighted by atomic mass is 10.2. The van der Waals surface area contributed by atoms with Crippen LogP contribution in [0.5, 0.6) is 5.75 Å². The summed E-state index contributed by atoms with van der Waals surface area (Å²) in [4.78, 5) is 32.4. The van der Waals surface area contributed by atoms with E-state index >= 15 is 0 Å². The quantitative estimate of drug-likeness (QED) is 0.825. The molecule has 2 aromatic rings. The molecule has 8 heteroatoms. The highest BCUT2D eigenvalue weighted by Gasteiger charge is 2.38. The summed E-state index contributed by atoms with van der Waals surface area (Å²) in [6.07, 6.45) is 2.63. The van der Waals surface area contributed by atoms with E-state index in [1.165, 1.54) is 11.2 Å². The van der Waals surface area contributed by atoms with Crippen LogP contribution < -0.4 is 10.1 Å². The summed E-state index contributed by atoms with van der Waals surface area (Å²) in [5, 5.41) is 2.83. The first-order valence-corrected chi connectivity index (χ1v) is 7.48. The second-order valence-corrected chi connectivity index (χ2v) is 5.36. The molecule has 1 aliphatic heterocycles. The third kappa shape index (κ3) is 3.48. The number of hydrogen-bond acceptors (Lipinski definition) is 5. The Morgan fingerprint density at radius 3 is 2.92 bits per heavy atom. The van der Waals surface area contributed by atoms with Crippen molar-refractivity contribution in [3.63, 3.8) is 0 Å². The Hall–Kier alpha value is -3.03. The Morgan fingerprint density at radius 2 is 2.25 bits per heavy atom. The van der Waals surface area contributed by atoms with Crippen LogP contribution in [0, 0.1) is 0 Å². The minimum atomic E-state index is -0.654. The Kier molecular flexibility index (Phi) is 4.64. The standard InChI is InChI=1S/C16H18N4O4/c1-23-13-4-2-11(3-5-13)6-18-15(21)14-9-24-16(22)20(14)8-12-7-17-10-19-12/h2-5,7,10,14H,6,8-9H2,1H3,(H,17,19)(H,18,21)/t14-/m0/s1. The van der Waals surface area contributed by atoms with Gasteiger partial charge in [-0.25, -0.2) is 9.78 Å². The Morgan fingerprint density at radius 1 is 1.46 bits per heavy atom. The van der Waals surface area contributed by atoms with E-state index in [0.717, 1.165) is 17.0 Å². The molecule has 1 aliphatic rings. The van der Waals surface area contributed by atoms with Crippen LogP contribution in [-0.2, 0) is 22.6 Å². The molecule has 0 bridgehead atoms. The van der Waals surface area contributed by atoms with E-state index in [2.05, 4.69) is 15.3 Å². The van der Waals surface area contributed by atoms with Gasteiger partial charge in [-0.2, -0.15) is 0 Å². The fraction of sp³-hybridized carbons (Fsp3) is 0.312. The van der Waals surface area contributed by atoms with E-state index in [9.17, 15) is 9.59 Å². The van der Waals surface area contributed by atoms with Crippen molar-refractivity contribution in [1.82, 2.24) is 20.2 Å². The van der Waals surface area contributed by atoms with Gasteiger partial charge in [0, 0.05) is 12.7 Å². The van der Waals surface area contributed by atoms with Gasteiger partial charge in [0.1, 0.15) is 18.4 Å². The number of amides is 2. The van der Waals surface area contributed by atoms with Crippen molar-refractivity contribution in [3.8, 4) is 5.75 Å². The molecule has 1 aromatic heterocycles. The van der Waals surface area contributed by atoms with Gasteiger partial charge in [-0.1, -0.05) is 12.1 Å². The number of rotatable bonds is 6. The van der Waals surface area contributed by atoms with Gasteiger partial charge in [0.15, 0.2) is 0 Å². The van der Waals surface area contributed by atoms with E-state index in [4.69, 9.17) is 9.47 Å². The molecule has 2 amide bonds. The Bertz CT molecular complexity index is 699. The SMILES string of the molecule is COc1ccc(CNC(=O)[C@@H]2COC(=O)N2Cc2cnc[nH]2)cc1. The number of nitrogens with zero attached hydrogens (tertiary/aromatic N) is 2. The second kappa shape index (κ2) is 7.03. The summed E-state index contributed by atoms with van der Waals surface area (Å²) in [5.74, 6) is 0.502. The topological polar surface area (TPSA) is 96.5 Å². The summed E-state index contributed by atoms with van der Waals surface area (Å²) >= 11 is 0. The van der Waals surface area contributed by atoms with Gasteiger partial charge >= 0.3 is 6.09 Å². The molecule has 2 N–H and O–H groups in total. The number of hydrogen-bond donors (Lipinski definition) is 2. The monoisotopic (exact) mass is 330 g/mol. The number of aromatic nitrogens is 2. The van der Waals surface area contributed by atoms with E-state index in [0.29, 0.717) is 6.54 Å². The molecule has 1 aromatic carbocycles. The van der Waals surface area contributed by atoms with Gasteiger partial charge in [0.05, 0.1) is 25.7 Å². The molecule has 1 atom stereocenters. The lowest BCUT2D eigenvalue weighted by Gasteiger charge is -2.20. The molecule has 24 heavy (non-hydrogen) atoms. The van der Waals surface area contributed by atoms with Crippen LogP contribution in [0.1, 0.15) is 11.3 Å². The maximum absolute atomic E-state index is 12.4. The molecule has 0 radical (unpaired) electrons. The number of benzene rings is 1. The van der Waals surface area contributed by atoms with Crippen LogP contribution in [0.15, 0.2) is 36.8 Å². The largest absolute Gasteiger partial charge is 0.497 e. The number of aromatic amines is 1. The zero-order valence-electron chi connectivity index (χ0n) is 13.2. The molecule has 126 valence electrons. The zero-order valence-corrected chi connectivity index (χ0v) is 13.2. The first-order chi connectivity index (χ1) is 11.7. The maximum atomic E-state index is 12.4. The van der Waals surface area contributed by atoms with E-state index in [1.807, 2.05) is 24.3 Å². The first-order valence-electron chi connectivity index (χ1n) is 7.48. The van der Waals surface area contributed by atoms with Gasteiger partial charge in [-0.05, 0) is 17.7 Å². The maximum Gasteiger partial charge on any atom is 0.411 e. The number of ether oxygens (including phenoxy) is 2. The normalized spacial score (nSPS) is 16.8. The number of carbonyl (C=O) groups is 2.